The molecule has 1 heterocycles. The van der Waals surface area contributed by atoms with E-state index in [-0.39, 0.29) is 29.7 Å². The Morgan fingerprint density at radius 2 is 2.14 bits per heavy atom. The first kappa shape index (κ1) is 16.0. The zero-order chi connectivity index (χ0) is 16.1. The highest BCUT2D eigenvalue weighted by Gasteiger charge is 2.27. The lowest BCUT2D eigenvalue weighted by atomic mass is 9.96. The molecule has 6 heteroatoms. The van der Waals surface area contributed by atoms with Crippen molar-refractivity contribution in [3.05, 3.63) is 35.4 Å². The lowest BCUT2D eigenvalue weighted by Gasteiger charge is -2.32. The topological polar surface area (TPSA) is 86.7 Å². The van der Waals surface area contributed by atoms with Crippen LogP contribution < -0.4 is 5.32 Å². The number of carboxylic acid groups (broad SMARTS) is 1. The van der Waals surface area contributed by atoms with Crippen LogP contribution in [0.1, 0.15) is 28.8 Å². The quantitative estimate of drug-likeness (QED) is 0.865. The molecular formula is C16H20N2O4. The van der Waals surface area contributed by atoms with Crippen LogP contribution in [0, 0.1) is 5.92 Å². The third kappa shape index (κ3) is 3.84. The first-order valence-electron chi connectivity index (χ1n) is 7.33. The Hall–Kier alpha value is -2.37. The maximum atomic E-state index is 12.4. The zero-order valence-electron chi connectivity index (χ0n) is 12.5. The van der Waals surface area contributed by atoms with Gasteiger partial charge in [0.05, 0.1) is 17.9 Å². The number of aromatic carboxylic acids is 1. The van der Waals surface area contributed by atoms with E-state index in [9.17, 15) is 14.4 Å². The Kier molecular flexibility index (Phi) is 5.14. The van der Waals surface area contributed by atoms with Gasteiger partial charge in [0.15, 0.2) is 0 Å². The lowest BCUT2D eigenvalue weighted by Crippen LogP contribution is -2.45. The number of carbonyl (C=O) groups excluding carboxylic acids is 2. The molecule has 0 bridgehead atoms. The molecule has 2 amide bonds. The number of likely N-dealkylation sites (tertiary alicyclic amines) is 1. The second-order valence-electron chi connectivity index (χ2n) is 5.48. The molecule has 1 aliphatic rings. The SMILES string of the molecule is CNC(=O)C1CCCN(C(=O)Cc2cccc(C(=O)O)c2)C1. The predicted octanol–water partition coefficient (Wildman–Crippen LogP) is 0.912. The van der Waals surface area contributed by atoms with Crippen molar-refractivity contribution in [3.8, 4) is 0 Å². The first-order valence-corrected chi connectivity index (χ1v) is 7.33. The Morgan fingerprint density at radius 1 is 1.36 bits per heavy atom. The average molecular weight is 304 g/mol. The first-order chi connectivity index (χ1) is 10.5. The fraction of sp³-hybridized carbons (Fsp3) is 0.438. The predicted molar refractivity (Wildman–Crippen MR) is 80.5 cm³/mol. The van der Waals surface area contributed by atoms with Crippen molar-refractivity contribution in [1.29, 1.82) is 0 Å². The van der Waals surface area contributed by atoms with Gasteiger partial charge in [0.1, 0.15) is 0 Å². The molecule has 0 aromatic heterocycles. The summed E-state index contributed by atoms with van der Waals surface area (Å²) in [6.45, 7) is 1.07. The molecular weight excluding hydrogens is 284 g/mol. The summed E-state index contributed by atoms with van der Waals surface area (Å²) < 4.78 is 0. The number of rotatable bonds is 4. The number of carbonyl (C=O) groups is 3. The van der Waals surface area contributed by atoms with Crippen LogP contribution in [0.15, 0.2) is 24.3 Å². The maximum absolute atomic E-state index is 12.4. The fourth-order valence-corrected chi connectivity index (χ4v) is 2.72. The Balaban J connectivity index is 2.01. The van der Waals surface area contributed by atoms with Gasteiger partial charge in [-0.05, 0) is 30.5 Å². The van der Waals surface area contributed by atoms with Crippen molar-refractivity contribution < 1.29 is 19.5 Å². The molecule has 0 radical (unpaired) electrons. The van der Waals surface area contributed by atoms with Crippen molar-refractivity contribution in [1.82, 2.24) is 10.2 Å². The number of piperidine rings is 1. The normalized spacial score (nSPS) is 17.9. The van der Waals surface area contributed by atoms with E-state index in [4.69, 9.17) is 5.11 Å². The van der Waals surface area contributed by atoms with E-state index in [2.05, 4.69) is 5.32 Å². The molecule has 1 saturated heterocycles. The van der Waals surface area contributed by atoms with Crippen LogP contribution in [0.4, 0.5) is 0 Å². The van der Waals surface area contributed by atoms with Crippen LogP contribution in [0.5, 0.6) is 0 Å². The maximum Gasteiger partial charge on any atom is 0.335 e. The highest BCUT2D eigenvalue weighted by molar-refractivity contribution is 5.88. The number of carboxylic acids is 1. The second-order valence-corrected chi connectivity index (χ2v) is 5.48. The summed E-state index contributed by atoms with van der Waals surface area (Å²) in [5.41, 5.74) is 0.846. The van der Waals surface area contributed by atoms with Crippen molar-refractivity contribution in [2.75, 3.05) is 20.1 Å². The highest BCUT2D eigenvalue weighted by Crippen LogP contribution is 2.18. The van der Waals surface area contributed by atoms with Crippen LogP contribution >= 0.6 is 0 Å². The molecule has 2 rings (SSSR count). The molecule has 118 valence electrons. The van der Waals surface area contributed by atoms with E-state index in [0.717, 1.165) is 12.8 Å². The van der Waals surface area contributed by atoms with Crippen LogP contribution in [-0.2, 0) is 16.0 Å². The van der Waals surface area contributed by atoms with Crippen LogP contribution in [0.3, 0.4) is 0 Å². The monoisotopic (exact) mass is 304 g/mol. The molecule has 22 heavy (non-hydrogen) atoms. The van der Waals surface area contributed by atoms with Crippen molar-refractivity contribution in [3.63, 3.8) is 0 Å². The summed E-state index contributed by atoms with van der Waals surface area (Å²) in [5.74, 6) is -1.28. The van der Waals surface area contributed by atoms with Crippen molar-refractivity contribution in [2.45, 2.75) is 19.3 Å². The molecule has 1 aromatic carbocycles. The van der Waals surface area contributed by atoms with Crippen LogP contribution in [-0.4, -0.2) is 47.9 Å². The molecule has 0 spiro atoms. The van der Waals surface area contributed by atoms with E-state index in [1.165, 1.54) is 12.1 Å². The average Bonchev–Trinajstić information content (AvgIpc) is 2.54. The fourth-order valence-electron chi connectivity index (χ4n) is 2.72. The Labute approximate surface area is 129 Å². The standard InChI is InChI=1S/C16H20N2O4/c1-17-15(20)13-6-3-7-18(10-13)14(19)9-11-4-2-5-12(8-11)16(21)22/h2,4-5,8,13H,3,6-7,9-10H2,1H3,(H,17,20)(H,21,22). The smallest absolute Gasteiger partial charge is 0.335 e. The van der Waals surface area contributed by atoms with Gasteiger partial charge in [-0.2, -0.15) is 0 Å². The lowest BCUT2D eigenvalue weighted by molar-refractivity contribution is -0.135. The molecule has 1 aliphatic heterocycles. The van der Waals surface area contributed by atoms with Gasteiger partial charge in [0.25, 0.3) is 0 Å². The van der Waals surface area contributed by atoms with E-state index in [1.54, 1.807) is 24.1 Å². The largest absolute Gasteiger partial charge is 0.478 e. The minimum Gasteiger partial charge on any atom is -0.478 e. The summed E-state index contributed by atoms with van der Waals surface area (Å²) in [5, 5.41) is 11.6. The Morgan fingerprint density at radius 3 is 2.82 bits per heavy atom. The molecule has 6 nitrogen and oxygen atoms in total. The van der Waals surface area contributed by atoms with Crippen LogP contribution in [0.25, 0.3) is 0 Å². The van der Waals surface area contributed by atoms with E-state index < -0.39 is 5.97 Å². The highest BCUT2D eigenvalue weighted by atomic mass is 16.4. The summed E-state index contributed by atoms with van der Waals surface area (Å²) in [6.07, 6.45) is 1.75. The van der Waals surface area contributed by atoms with Crippen molar-refractivity contribution in [2.24, 2.45) is 5.92 Å². The molecule has 1 atom stereocenters. The van der Waals surface area contributed by atoms with Crippen LogP contribution in [0.2, 0.25) is 0 Å². The molecule has 2 N–H and O–H groups in total. The van der Waals surface area contributed by atoms with E-state index >= 15 is 0 Å². The van der Waals surface area contributed by atoms with Gasteiger partial charge in [0, 0.05) is 20.1 Å². The van der Waals surface area contributed by atoms with Gasteiger partial charge in [-0.25, -0.2) is 4.79 Å². The zero-order valence-corrected chi connectivity index (χ0v) is 12.5. The molecule has 1 aromatic rings. The summed E-state index contributed by atoms with van der Waals surface area (Å²) in [6, 6.07) is 6.39. The summed E-state index contributed by atoms with van der Waals surface area (Å²) >= 11 is 0. The molecule has 0 saturated carbocycles. The minimum atomic E-state index is -1.01. The van der Waals surface area contributed by atoms with E-state index in [1.807, 2.05) is 0 Å². The summed E-state index contributed by atoms with van der Waals surface area (Å²) in [7, 11) is 1.60. The Bertz CT molecular complexity index is 585. The number of benzene rings is 1. The van der Waals surface area contributed by atoms with Gasteiger partial charge in [-0.1, -0.05) is 12.1 Å². The third-order valence-electron chi connectivity index (χ3n) is 3.92. The van der Waals surface area contributed by atoms with Gasteiger partial charge in [0.2, 0.25) is 11.8 Å². The van der Waals surface area contributed by atoms with E-state index in [0.29, 0.717) is 18.7 Å². The third-order valence-corrected chi connectivity index (χ3v) is 3.92. The molecule has 1 fully saturated rings. The second kappa shape index (κ2) is 7.06. The van der Waals surface area contributed by atoms with Gasteiger partial charge in [-0.3, -0.25) is 9.59 Å². The number of hydrogen-bond acceptors (Lipinski definition) is 3. The molecule has 1 unspecified atom stereocenters. The minimum absolute atomic E-state index is 0.0367. The van der Waals surface area contributed by atoms with Gasteiger partial charge in [-0.15, -0.1) is 0 Å². The number of hydrogen-bond donors (Lipinski definition) is 2. The van der Waals surface area contributed by atoms with Gasteiger partial charge < -0.3 is 15.3 Å². The van der Waals surface area contributed by atoms with Crippen molar-refractivity contribution >= 4 is 17.8 Å². The number of nitrogens with zero attached hydrogens (tertiary/aromatic N) is 1. The molecule has 0 aliphatic carbocycles. The van der Waals surface area contributed by atoms with Gasteiger partial charge >= 0.3 is 5.97 Å². The number of amides is 2. The summed E-state index contributed by atoms with van der Waals surface area (Å²) in [4.78, 5) is 36.7. The number of nitrogens with one attached hydrogen (secondary N) is 1.